The summed E-state index contributed by atoms with van der Waals surface area (Å²) < 4.78 is 5.21. The summed E-state index contributed by atoms with van der Waals surface area (Å²) in [7, 11) is 1.62. The summed E-state index contributed by atoms with van der Waals surface area (Å²) >= 11 is 0. The zero-order valence-corrected chi connectivity index (χ0v) is 18.8. The van der Waals surface area contributed by atoms with Gasteiger partial charge in [0.15, 0.2) is 0 Å². The minimum Gasteiger partial charge on any atom is -0.497 e. The van der Waals surface area contributed by atoms with Crippen LogP contribution in [0.5, 0.6) is 5.75 Å². The van der Waals surface area contributed by atoms with Gasteiger partial charge in [0.05, 0.1) is 7.11 Å². The second-order valence-electron chi connectivity index (χ2n) is 8.17. The van der Waals surface area contributed by atoms with Gasteiger partial charge in [0, 0.05) is 19.5 Å². The van der Waals surface area contributed by atoms with Gasteiger partial charge in [-0.1, -0.05) is 55.8 Å². The van der Waals surface area contributed by atoms with Gasteiger partial charge < -0.3 is 15.0 Å². The van der Waals surface area contributed by atoms with E-state index < -0.39 is 6.04 Å². The molecule has 0 fully saturated rings. The van der Waals surface area contributed by atoms with Crippen molar-refractivity contribution in [2.75, 3.05) is 13.7 Å². The summed E-state index contributed by atoms with van der Waals surface area (Å²) in [5.74, 6) is 0.964. The van der Waals surface area contributed by atoms with Gasteiger partial charge in [0.25, 0.3) is 0 Å². The second-order valence-corrected chi connectivity index (χ2v) is 8.17. The Morgan fingerprint density at radius 1 is 0.967 bits per heavy atom. The fourth-order valence-electron chi connectivity index (χ4n) is 3.11. The Morgan fingerprint density at radius 2 is 1.57 bits per heavy atom. The third-order valence-corrected chi connectivity index (χ3v) is 5.11. The number of amides is 2. The molecule has 162 valence electrons. The van der Waals surface area contributed by atoms with E-state index in [2.05, 4.69) is 29.6 Å². The number of aryl methyl sites for hydroxylation is 2. The number of rotatable bonds is 10. The van der Waals surface area contributed by atoms with Crippen LogP contribution in [0.15, 0.2) is 48.5 Å². The predicted octanol–water partition coefficient (Wildman–Crippen LogP) is 4.13. The normalized spacial score (nSPS) is 11.8. The number of nitrogens with zero attached hydrogens (tertiary/aromatic N) is 1. The smallest absolute Gasteiger partial charge is 0.242 e. The monoisotopic (exact) mass is 410 g/mol. The molecule has 5 heteroatoms. The Hall–Kier alpha value is -2.82. The Morgan fingerprint density at radius 3 is 2.13 bits per heavy atom. The van der Waals surface area contributed by atoms with Gasteiger partial charge in [-0.3, -0.25) is 9.59 Å². The summed E-state index contributed by atoms with van der Waals surface area (Å²) in [5.41, 5.74) is 3.28. The average molecular weight is 411 g/mol. The van der Waals surface area contributed by atoms with Gasteiger partial charge in [-0.2, -0.15) is 0 Å². The van der Waals surface area contributed by atoms with E-state index in [9.17, 15) is 9.59 Å². The lowest BCUT2D eigenvalue weighted by atomic mass is 10.1. The molecule has 0 aliphatic rings. The van der Waals surface area contributed by atoms with E-state index in [0.717, 1.165) is 16.9 Å². The highest BCUT2D eigenvalue weighted by molar-refractivity contribution is 5.87. The molecule has 1 atom stereocenters. The van der Waals surface area contributed by atoms with E-state index in [1.165, 1.54) is 5.56 Å². The minimum atomic E-state index is -0.545. The first-order valence-corrected chi connectivity index (χ1v) is 10.6. The van der Waals surface area contributed by atoms with E-state index in [4.69, 9.17) is 4.74 Å². The van der Waals surface area contributed by atoms with Crippen molar-refractivity contribution in [3.8, 4) is 5.75 Å². The highest BCUT2D eigenvalue weighted by Gasteiger charge is 2.26. The molecule has 0 heterocycles. The zero-order valence-electron chi connectivity index (χ0n) is 18.8. The molecule has 30 heavy (non-hydrogen) atoms. The van der Waals surface area contributed by atoms with Crippen molar-refractivity contribution in [1.82, 2.24) is 10.2 Å². The van der Waals surface area contributed by atoms with Gasteiger partial charge >= 0.3 is 0 Å². The number of ether oxygens (including phenoxy) is 1. The fraction of sp³-hybridized carbons (Fsp3) is 0.440. The van der Waals surface area contributed by atoms with Crippen LogP contribution >= 0.6 is 0 Å². The Kier molecular flexibility index (Phi) is 8.90. The third-order valence-electron chi connectivity index (χ3n) is 5.11. The first kappa shape index (κ1) is 23.5. The highest BCUT2D eigenvalue weighted by atomic mass is 16.5. The molecule has 2 aromatic rings. The van der Waals surface area contributed by atoms with Crippen molar-refractivity contribution < 1.29 is 14.3 Å². The predicted molar refractivity (Wildman–Crippen MR) is 120 cm³/mol. The van der Waals surface area contributed by atoms with E-state index in [1.54, 1.807) is 18.9 Å². The first-order valence-electron chi connectivity index (χ1n) is 10.6. The van der Waals surface area contributed by atoms with Crippen molar-refractivity contribution in [3.63, 3.8) is 0 Å². The third kappa shape index (κ3) is 7.21. The maximum absolute atomic E-state index is 13.1. The van der Waals surface area contributed by atoms with E-state index in [1.807, 2.05) is 45.0 Å². The Bertz CT molecular complexity index is 813. The minimum absolute atomic E-state index is 0.0291. The van der Waals surface area contributed by atoms with Crippen LogP contribution in [0.25, 0.3) is 0 Å². The van der Waals surface area contributed by atoms with Crippen LogP contribution in [0.1, 0.15) is 43.9 Å². The molecule has 0 aliphatic heterocycles. The SMILES string of the molecule is COc1ccc(CN(C(=O)CCc2ccc(C)cc2)C(C)C(=O)NCC(C)C)cc1. The Balaban J connectivity index is 2.12. The van der Waals surface area contributed by atoms with E-state index in [-0.39, 0.29) is 11.8 Å². The Labute approximate surface area is 180 Å². The van der Waals surface area contributed by atoms with Crippen molar-refractivity contribution in [1.29, 1.82) is 0 Å². The maximum Gasteiger partial charge on any atom is 0.242 e. The molecule has 0 bridgehead atoms. The molecule has 0 radical (unpaired) electrons. The molecule has 2 aromatic carbocycles. The number of benzene rings is 2. The standard InChI is InChI=1S/C25H34N2O3/c1-18(2)16-26-25(29)20(4)27(17-22-10-13-23(30-5)14-11-22)24(28)15-12-21-8-6-19(3)7-9-21/h6-11,13-14,18,20H,12,15-17H2,1-5H3,(H,26,29). The molecule has 0 aromatic heterocycles. The van der Waals surface area contributed by atoms with Gasteiger partial charge in [-0.15, -0.1) is 0 Å². The number of carbonyl (C=O) groups is 2. The average Bonchev–Trinajstić information content (AvgIpc) is 2.75. The lowest BCUT2D eigenvalue weighted by Gasteiger charge is -2.29. The van der Waals surface area contributed by atoms with Gasteiger partial charge in [0.2, 0.25) is 11.8 Å². The van der Waals surface area contributed by atoms with Crippen molar-refractivity contribution >= 4 is 11.8 Å². The number of methoxy groups -OCH3 is 1. The van der Waals surface area contributed by atoms with Gasteiger partial charge in [0.1, 0.15) is 11.8 Å². The maximum atomic E-state index is 13.1. The van der Waals surface area contributed by atoms with Crippen molar-refractivity contribution in [2.45, 2.75) is 53.1 Å². The van der Waals surface area contributed by atoms with Crippen LogP contribution in [-0.4, -0.2) is 36.4 Å². The van der Waals surface area contributed by atoms with E-state index in [0.29, 0.717) is 31.8 Å². The number of hydrogen-bond donors (Lipinski definition) is 1. The largest absolute Gasteiger partial charge is 0.497 e. The van der Waals surface area contributed by atoms with E-state index >= 15 is 0 Å². The zero-order chi connectivity index (χ0) is 22.1. The molecule has 0 spiro atoms. The molecular weight excluding hydrogens is 376 g/mol. The summed E-state index contributed by atoms with van der Waals surface area (Å²) in [6, 6.07) is 15.3. The van der Waals surface area contributed by atoms with Crippen LogP contribution in [0.3, 0.4) is 0 Å². The lowest BCUT2D eigenvalue weighted by molar-refractivity contribution is -0.140. The second kappa shape index (κ2) is 11.4. The van der Waals surface area contributed by atoms with Crippen molar-refractivity contribution in [2.24, 2.45) is 5.92 Å². The molecule has 0 saturated carbocycles. The van der Waals surface area contributed by atoms with Gasteiger partial charge in [-0.05, 0) is 49.4 Å². The lowest BCUT2D eigenvalue weighted by Crippen LogP contribution is -2.48. The number of carbonyl (C=O) groups excluding carboxylic acids is 2. The highest BCUT2D eigenvalue weighted by Crippen LogP contribution is 2.16. The van der Waals surface area contributed by atoms with Crippen LogP contribution in [0.4, 0.5) is 0 Å². The van der Waals surface area contributed by atoms with Gasteiger partial charge in [-0.25, -0.2) is 0 Å². The first-order chi connectivity index (χ1) is 14.3. The summed E-state index contributed by atoms with van der Waals surface area (Å²) in [4.78, 5) is 27.5. The molecule has 5 nitrogen and oxygen atoms in total. The quantitative estimate of drug-likeness (QED) is 0.641. The van der Waals surface area contributed by atoms with Crippen LogP contribution in [0, 0.1) is 12.8 Å². The summed E-state index contributed by atoms with van der Waals surface area (Å²) in [6.45, 7) is 8.91. The molecule has 0 aliphatic carbocycles. The number of hydrogen-bond acceptors (Lipinski definition) is 3. The summed E-state index contributed by atoms with van der Waals surface area (Å²) in [6.07, 6.45) is 1.01. The molecular formula is C25H34N2O3. The fourth-order valence-corrected chi connectivity index (χ4v) is 3.11. The van der Waals surface area contributed by atoms with Crippen molar-refractivity contribution in [3.05, 3.63) is 65.2 Å². The molecule has 0 saturated heterocycles. The molecule has 1 N–H and O–H groups in total. The topological polar surface area (TPSA) is 58.6 Å². The number of nitrogens with one attached hydrogen (secondary N) is 1. The molecule has 1 unspecified atom stereocenters. The van der Waals surface area contributed by atoms with Crippen LogP contribution < -0.4 is 10.1 Å². The summed E-state index contributed by atoms with van der Waals surface area (Å²) in [5, 5.41) is 2.95. The van der Waals surface area contributed by atoms with Crippen LogP contribution in [-0.2, 0) is 22.6 Å². The van der Waals surface area contributed by atoms with Crippen LogP contribution in [0.2, 0.25) is 0 Å². The molecule has 2 amide bonds. The molecule has 2 rings (SSSR count).